The van der Waals surface area contributed by atoms with Gasteiger partial charge in [-0.05, 0) is 30.2 Å². The number of nitrogens with one attached hydrogen (secondary N) is 1. The topological polar surface area (TPSA) is 54.5 Å². The van der Waals surface area contributed by atoms with Crippen LogP contribution in [-0.2, 0) is 16.1 Å². The second kappa shape index (κ2) is 8.74. The van der Waals surface area contributed by atoms with Crippen molar-refractivity contribution in [2.24, 2.45) is 0 Å². The molecule has 1 aromatic heterocycles. The van der Waals surface area contributed by atoms with Crippen LogP contribution < -0.4 is 5.32 Å². The summed E-state index contributed by atoms with van der Waals surface area (Å²) in [5, 5.41) is 3.04. The molecule has 1 N–H and O–H groups in total. The highest BCUT2D eigenvalue weighted by molar-refractivity contribution is 5.77. The minimum Gasteiger partial charge on any atom is -0.375 e. The summed E-state index contributed by atoms with van der Waals surface area (Å²) in [4.78, 5) is 18.7. The van der Waals surface area contributed by atoms with Gasteiger partial charge in [-0.25, -0.2) is 0 Å². The summed E-state index contributed by atoms with van der Waals surface area (Å²) in [5.41, 5.74) is 2.34. The first-order valence-corrected chi connectivity index (χ1v) is 8.78. The highest BCUT2D eigenvalue weighted by atomic mass is 16.5. The molecule has 0 radical (unpaired) electrons. The van der Waals surface area contributed by atoms with Gasteiger partial charge in [0.25, 0.3) is 0 Å². The molecule has 0 unspecified atom stereocenters. The zero-order valence-corrected chi connectivity index (χ0v) is 14.6. The van der Waals surface area contributed by atoms with Gasteiger partial charge in [0.2, 0.25) is 5.91 Å². The predicted molar refractivity (Wildman–Crippen MR) is 96.9 cm³/mol. The fourth-order valence-corrected chi connectivity index (χ4v) is 3.13. The van der Waals surface area contributed by atoms with Crippen LogP contribution in [0.25, 0.3) is 0 Å². The molecule has 2 atom stereocenters. The van der Waals surface area contributed by atoms with Gasteiger partial charge >= 0.3 is 0 Å². The van der Waals surface area contributed by atoms with Crippen LogP contribution in [0.3, 0.4) is 0 Å². The predicted octanol–water partition coefficient (Wildman–Crippen LogP) is 2.55. The van der Waals surface area contributed by atoms with Gasteiger partial charge in [0, 0.05) is 32.0 Å². The number of hydrogen-bond donors (Lipinski definition) is 1. The lowest BCUT2D eigenvalue weighted by molar-refractivity contribution is -0.126. The molecule has 1 aliphatic rings. The maximum atomic E-state index is 12.3. The van der Waals surface area contributed by atoms with Crippen molar-refractivity contribution in [3.05, 3.63) is 66.0 Å². The summed E-state index contributed by atoms with van der Waals surface area (Å²) < 4.78 is 5.79. The molecule has 2 aromatic rings. The summed E-state index contributed by atoms with van der Waals surface area (Å²) in [6.45, 7) is 5.24. The van der Waals surface area contributed by atoms with Crippen LogP contribution in [0.5, 0.6) is 0 Å². The number of carbonyl (C=O) groups is 1. The number of hydrogen-bond acceptors (Lipinski definition) is 4. The Balaban J connectivity index is 1.48. The van der Waals surface area contributed by atoms with Crippen LogP contribution in [-0.4, -0.2) is 41.6 Å². The van der Waals surface area contributed by atoms with Gasteiger partial charge in [-0.2, -0.15) is 0 Å². The summed E-state index contributed by atoms with van der Waals surface area (Å²) in [6, 6.07) is 14.2. The van der Waals surface area contributed by atoms with E-state index in [2.05, 4.69) is 39.5 Å². The van der Waals surface area contributed by atoms with Gasteiger partial charge in [-0.1, -0.05) is 30.3 Å². The summed E-state index contributed by atoms with van der Waals surface area (Å²) in [7, 11) is 0. The van der Waals surface area contributed by atoms with Gasteiger partial charge < -0.3 is 10.1 Å². The van der Waals surface area contributed by atoms with E-state index in [-0.39, 0.29) is 18.1 Å². The number of pyridine rings is 1. The Labute approximate surface area is 149 Å². The SMILES string of the molecule is C[C@@H](NC(=O)C[C@@H]1CN(Cc2ccccc2)CCO1)c1ccncc1. The second-order valence-electron chi connectivity index (χ2n) is 6.49. The third-order valence-electron chi connectivity index (χ3n) is 4.47. The Morgan fingerprint density at radius 2 is 2.04 bits per heavy atom. The Kier molecular flexibility index (Phi) is 6.14. The van der Waals surface area contributed by atoms with Crippen molar-refractivity contribution < 1.29 is 9.53 Å². The van der Waals surface area contributed by atoms with Gasteiger partial charge in [-0.3, -0.25) is 14.7 Å². The second-order valence-corrected chi connectivity index (χ2v) is 6.49. The monoisotopic (exact) mass is 339 g/mol. The molecular weight excluding hydrogens is 314 g/mol. The lowest BCUT2D eigenvalue weighted by Crippen LogP contribution is -2.44. The number of aromatic nitrogens is 1. The third-order valence-corrected chi connectivity index (χ3v) is 4.47. The molecule has 25 heavy (non-hydrogen) atoms. The summed E-state index contributed by atoms with van der Waals surface area (Å²) in [6.07, 6.45) is 3.82. The molecule has 2 heterocycles. The maximum Gasteiger partial charge on any atom is 0.223 e. The number of rotatable bonds is 6. The van der Waals surface area contributed by atoms with Gasteiger partial charge in [0.15, 0.2) is 0 Å². The molecule has 1 amide bonds. The molecule has 3 rings (SSSR count). The van der Waals surface area contributed by atoms with Crippen molar-refractivity contribution in [1.82, 2.24) is 15.2 Å². The first kappa shape index (κ1) is 17.6. The van der Waals surface area contributed by atoms with Crippen molar-refractivity contribution in [2.45, 2.75) is 32.0 Å². The van der Waals surface area contributed by atoms with E-state index in [1.165, 1.54) is 5.56 Å². The first-order chi connectivity index (χ1) is 12.2. The summed E-state index contributed by atoms with van der Waals surface area (Å²) >= 11 is 0. The number of amides is 1. The lowest BCUT2D eigenvalue weighted by atomic mass is 10.1. The standard InChI is InChI=1S/C20H25N3O2/c1-16(18-7-9-21-10-8-18)22-20(24)13-19-15-23(11-12-25-19)14-17-5-3-2-4-6-17/h2-10,16,19H,11-15H2,1H3,(H,22,24)/t16-,19-/m1/s1. The lowest BCUT2D eigenvalue weighted by Gasteiger charge is -2.33. The van der Waals surface area contributed by atoms with Crippen molar-refractivity contribution in [1.29, 1.82) is 0 Å². The van der Waals surface area contributed by atoms with E-state index in [1.807, 2.05) is 25.1 Å². The molecule has 1 fully saturated rings. The van der Waals surface area contributed by atoms with Crippen molar-refractivity contribution >= 4 is 5.91 Å². The van der Waals surface area contributed by atoms with Crippen LogP contribution in [0.1, 0.15) is 30.5 Å². The number of carbonyl (C=O) groups excluding carboxylic acids is 1. The zero-order valence-electron chi connectivity index (χ0n) is 14.6. The average Bonchev–Trinajstić information content (AvgIpc) is 2.63. The quantitative estimate of drug-likeness (QED) is 0.879. The Morgan fingerprint density at radius 3 is 2.80 bits per heavy atom. The molecule has 5 nitrogen and oxygen atoms in total. The van der Waals surface area contributed by atoms with Gasteiger partial charge in [-0.15, -0.1) is 0 Å². The van der Waals surface area contributed by atoms with Crippen molar-refractivity contribution in [3.8, 4) is 0 Å². The number of nitrogens with zero attached hydrogens (tertiary/aromatic N) is 2. The zero-order chi connectivity index (χ0) is 17.5. The van der Waals surface area contributed by atoms with Gasteiger partial charge in [0.05, 0.1) is 25.2 Å². The van der Waals surface area contributed by atoms with Crippen LogP contribution in [0, 0.1) is 0 Å². The Morgan fingerprint density at radius 1 is 1.28 bits per heavy atom. The van der Waals surface area contributed by atoms with Crippen LogP contribution in [0.2, 0.25) is 0 Å². The normalized spacial score (nSPS) is 19.3. The number of ether oxygens (including phenoxy) is 1. The Bertz CT molecular complexity index is 663. The molecule has 1 saturated heterocycles. The van der Waals surface area contributed by atoms with E-state index in [4.69, 9.17) is 4.74 Å². The van der Waals surface area contributed by atoms with Crippen LogP contribution in [0.4, 0.5) is 0 Å². The van der Waals surface area contributed by atoms with Crippen molar-refractivity contribution in [3.63, 3.8) is 0 Å². The van der Waals surface area contributed by atoms with E-state index in [9.17, 15) is 4.79 Å². The molecule has 5 heteroatoms. The molecule has 0 aliphatic carbocycles. The molecule has 1 aliphatic heterocycles. The number of morpholine rings is 1. The van der Waals surface area contributed by atoms with Crippen LogP contribution in [0.15, 0.2) is 54.9 Å². The molecule has 0 bridgehead atoms. The summed E-state index contributed by atoms with van der Waals surface area (Å²) in [5.74, 6) is 0.0240. The minimum absolute atomic E-state index is 0.0240. The van der Waals surface area contributed by atoms with E-state index in [0.29, 0.717) is 13.0 Å². The van der Waals surface area contributed by atoms with E-state index >= 15 is 0 Å². The maximum absolute atomic E-state index is 12.3. The fraction of sp³-hybridized carbons (Fsp3) is 0.400. The third kappa shape index (κ3) is 5.37. The van der Waals surface area contributed by atoms with E-state index in [1.54, 1.807) is 12.4 Å². The van der Waals surface area contributed by atoms with E-state index < -0.39 is 0 Å². The molecule has 0 spiro atoms. The fourth-order valence-electron chi connectivity index (χ4n) is 3.13. The number of benzene rings is 1. The smallest absolute Gasteiger partial charge is 0.223 e. The molecule has 0 saturated carbocycles. The van der Waals surface area contributed by atoms with Crippen molar-refractivity contribution in [2.75, 3.05) is 19.7 Å². The largest absolute Gasteiger partial charge is 0.375 e. The Hall–Kier alpha value is -2.24. The first-order valence-electron chi connectivity index (χ1n) is 8.78. The molecule has 1 aromatic carbocycles. The molecular formula is C20H25N3O2. The van der Waals surface area contributed by atoms with Crippen LogP contribution >= 0.6 is 0 Å². The highest BCUT2D eigenvalue weighted by Crippen LogP contribution is 2.14. The minimum atomic E-state index is -0.0536. The molecule has 132 valence electrons. The average molecular weight is 339 g/mol. The van der Waals surface area contributed by atoms with E-state index in [0.717, 1.165) is 25.2 Å². The van der Waals surface area contributed by atoms with Gasteiger partial charge in [0.1, 0.15) is 0 Å². The highest BCUT2D eigenvalue weighted by Gasteiger charge is 2.23.